The Bertz CT molecular complexity index is 225. The lowest BCUT2D eigenvalue weighted by atomic mass is 9.82. The van der Waals surface area contributed by atoms with E-state index in [2.05, 4.69) is 31.0 Å². The van der Waals surface area contributed by atoms with Crippen LogP contribution in [-0.2, 0) is 0 Å². The van der Waals surface area contributed by atoms with E-state index in [4.69, 9.17) is 0 Å². The fourth-order valence-corrected chi connectivity index (χ4v) is 3.46. The molecule has 0 amide bonds. The topological polar surface area (TPSA) is 15.3 Å². The fraction of sp³-hybridized carbons (Fsp3) is 1.00. The van der Waals surface area contributed by atoms with Gasteiger partial charge in [-0.05, 0) is 32.6 Å². The summed E-state index contributed by atoms with van der Waals surface area (Å²) in [6.07, 6.45) is 7.20. The Hall–Kier alpha value is -0.0800. The Balaban J connectivity index is 1.91. The molecule has 1 heterocycles. The Morgan fingerprint density at radius 3 is 2.81 bits per heavy atom. The summed E-state index contributed by atoms with van der Waals surface area (Å²) in [5.74, 6) is 0.997. The molecular formula is C14H28N2. The zero-order valence-corrected chi connectivity index (χ0v) is 11.3. The maximum Gasteiger partial charge on any atom is 0.0252 e. The first-order valence-corrected chi connectivity index (χ1v) is 7.10. The highest BCUT2D eigenvalue weighted by Crippen LogP contribution is 2.30. The molecule has 0 radical (unpaired) electrons. The van der Waals surface area contributed by atoms with Crippen LogP contribution in [0.2, 0.25) is 0 Å². The Morgan fingerprint density at radius 1 is 1.31 bits per heavy atom. The second-order valence-electron chi connectivity index (χ2n) is 6.38. The highest BCUT2D eigenvalue weighted by Gasteiger charge is 2.32. The molecule has 2 aliphatic rings. The zero-order chi connectivity index (χ0) is 11.6. The summed E-state index contributed by atoms with van der Waals surface area (Å²) in [5, 5.41) is 3.61. The number of nitrogens with one attached hydrogen (secondary N) is 1. The Kier molecular flexibility index (Phi) is 3.91. The van der Waals surface area contributed by atoms with Gasteiger partial charge in [0.2, 0.25) is 0 Å². The van der Waals surface area contributed by atoms with Gasteiger partial charge in [0.1, 0.15) is 0 Å². The second kappa shape index (κ2) is 5.05. The Morgan fingerprint density at radius 2 is 2.12 bits per heavy atom. The summed E-state index contributed by atoms with van der Waals surface area (Å²) >= 11 is 0. The van der Waals surface area contributed by atoms with Crippen LogP contribution in [0.1, 0.15) is 52.9 Å². The second-order valence-corrected chi connectivity index (χ2v) is 6.38. The molecule has 16 heavy (non-hydrogen) atoms. The van der Waals surface area contributed by atoms with E-state index in [-0.39, 0.29) is 0 Å². The lowest BCUT2D eigenvalue weighted by Gasteiger charge is -2.45. The van der Waals surface area contributed by atoms with Gasteiger partial charge in [0.15, 0.2) is 0 Å². The molecule has 2 rings (SSSR count). The lowest BCUT2D eigenvalue weighted by molar-refractivity contribution is 0.0728. The molecule has 2 nitrogen and oxygen atoms in total. The molecule has 1 aliphatic heterocycles. The van der Waals surface area contributed by atoms with Crippen molar-refractivity contribution in [3.63, 3.8) is 0 Å². The maximum atomic E-state index is 3.61. The van der Waals surface area contributed by atoms with E-state index in [1.807, 2.05) is 0 Å². The first-order valence-electron chi connectivity index (χ1n) is 7.10. The molecule has 2 atom stereocenters. The Labute approximate surface area is 101 Å². The van der Waals surface area contributed by atoms with Gasteiger partial charge < -0.3 is 5.32 Å². The van der Waals surface area contributed by atoms with Gasteiger partial charge in [-0.3, -0.25) is 4.90 Å². The van der Waals surface area contributed by atoms with Crippen molar-refractivity contribution in [2.24, 2.45) is 5.92 Å². The molecule has 2 heteroatoms. The minimum absolute atomic E-state index is 0.317. The van der Waals surface area contributed by atoms with Crippen LogP contribution in [0.25, 0.3) is 0 Å². The largest absolute Gasteiger partial charge is 0.309 e. The lowest BCUT2D eigenvalue weighted by Crippen LogP contribution is -2.59. The predicted molar refractivity (Wildman–Crippen MR) is 69.7 cm³/mol. The summed E-state index contributed by atoms with van der Waals surface area (Å²) in [7, 11) is 0. The highest BCUT2D eigenvalue weighted by atomic mass is 15.2. The van der Waals surface area contributed by atoms with Gasteiger partial charge in [0.25, 0.3) is 0 Å². The van der Waals surface area contributed by atoms with Gasteiger partial charge in [-0.25, -0.2) is 0 Å². The third-order valence-electron chi connectivity index (χ3n) is 4.45. The number of hydrogen-bond donors (Lipinski definition) is 1. The summed E-state index contributed by atoms with van der Waals surface area (Å²) in [6, 6.07) is 0.875. The van der Waals surface area contributed by atoms with E-state index < -0.39 is 0 Å². The molecule has 94 valence electrons. The van der Waals surface area contributed by atoms with Crippen molar-refractivity contribution in [1.29, 1.82) is 0 Å². The predicted octanol–water partition coefficient (Wildman–Crippen LogP) is 2.64. The normalized spacial score (nSPS) is 36.2. The van der Waals surface area contributed by atoms with Crippen LogP contribution in [0.3, 0.4) is 0 Å². The van der Waals surface area contributed by atoms with Crippen molar-refractivity contribution in [2.75, 3.05) is 19.6 Å². The molecule has 0 aromatic heterocycles. The van der Waals surface area contributed by atoms with Crippen LogP contribution in [-0.4, -0.2) is 36.1 Å². The zero-order valence-electron chi connectivity index (χ0n) is 11.3. The quantitative estimate of drug-likeness (QED) is 0.776. The van der Waals surface area contributed by atoms with E-state index >= 15 is 0 Å². The average molecular weight is 224 g/mol. The van der Waals surface area contributed by atoms with Crippen molar-refractivity contribution in [1.82, 2.24) is 10.2 Å². The monoisotopic (exact) mass is 224 g/mol. The summed E-state index contributed by atoms with van der Waals surface area (Å²) in [5.41, 5.74) is 0.317. The van der Waals surface area contributed by atoms with Gasteiger partial charge in [-0.1, -0.05) is 26.2 Å². The van der Waals surface area contributed by atoms with Crippen LogP contribution in [0.15, 0.2) is 0 Å². The number of nitrogens with zero attached hydrogens (tertiary/aromatic N) is 1. The van der Waals surface area contributed by atoms with Crippen LogP contribution < -0.4 is 5.32 Å². The molecule has 0 bridgehead atoms. The van der Waals surface area contributed by atoms with Gasteiger partial charge in [-0.15, -0.1) is 0 Å². The molecule has 2 fully saturated rings. The van der Waals surface area contributed by atoms with Crippen molar-refractivity contribution < 1.29 is 0 Å². The first-order chi connectivity index (χ1) is 7.61. The molecule has 0 aromatic carbocycles. The van der Waals surface area contributed by atoms with Crippen LogP contribution in [0.5, 0.6) is 0 Å². The van der Waals surface area contributed by atoms with Gasteiger partial charge in [-0.2, -0.15) is 0 Å². The van der Waals surface area contributed by atoms with Crippen molar-refractivity contribution in [3.05, 3.63) is 0 Å². The molecule has 1 aliphatic carbocycles. The summed E-state index contributed by atoms with van der Waals surface area (Å²) < 4.78 is 0. The minimum Gasteiger partial charge on any atom is -0.309 e. The number of hydrogen-bond acceptors (Lipinski definition) is 2. The minimum atomic E-state index is 0.317. The van der Waals surface area contributed by atoms with E-state index in [0.29, 0.717) is 5.54 Å². The van der Waals surface area contributed by atoms with Gasteiger partial charge in [0.05, 0.1) is 0 Å². The van der Waals surface area contributed by atoms with Gasteiger partial charge >= 0.3 is 0 Å². The maximum absolute atomic E-state index is 3.61. The van der Waals surface area contributed by atoms with E-state index in [9.17, 15) is 0 Å². The molecule has 1 saturated carbocycles. The third kappa shape index (κ3) is 2.98. The third-order valence-corrected chi connectivity index (χ3v) is 4.45. The van der Waals surface area contributed by atoms with Crippen LogP contribution in [0, 0.1) is 5.92 Å². The highest BCUT2D eigenvalue weighted by molar-refractivity contribution is 4.91. The van der Waals surface area contributed by atoms with Crippen molar-refractivity contribution in [3.8, 4) is 0 Å². The van der Waals surface area contributed by atoms with Crippen molar-refractivity contribution in [2.45, 2.75) is 64.5 Å². The van der Waals surface area contributed by atoms with E-state index in [1.165, 1.54) is 51.7 Å². The average Bonchev–Trinajstić information content (AvgIpc) is 2.28. The van der Waals surface area contributed by atoms with E-state index in [1.54, 1.807) is 0 Å². The fourth-order valence-electron chi connectivity index (χ4n) is 3.46. The SMILES string of the molecule is CCC1CCCC(N2CCNC(C)(C)C2)C1. The van der Waals surface area contributed by atoms with Crippen LogP contribution >= 0.6 is 0 Å². The van der Waals surface area contributed by atoms with Gasteiger partial charge in [0, 0.05) is 31.2 Å². The number of piperazine rings is 1. The molecule has 0 aromatic rings. The first kappa shape index (κ1) is 12.4. The molecule has 0 spiro atoms. The molecule has 1 saturated heterocycles. The summed E-state index contributed by atoms with van der Waals surface area (Å²) in [6.45, 7) is 10.7. The summed E-state index contributed by atoms with van der Waals surface area (Å²) in [4.78, 5) is 2.75. The molecular weight excluding hydrogens is 196 g/mol. The number of rotatable bonds is 2. The standard InChI is InChI=1S/C14H28N2/c1-4-12-6-5-7-13(10-12)16-9-8-15-14(2,3)11-16/h12-13,15H,4-11H2,1-3H3. The molecule has 2 unspecified atom stereocenters. The molecule has 1 N–H and O–H groups in total. The van der Waals surface area contributed by atoms with Crippen molar-refractivity contribution >= 4 is 0 Å². The van der Waals surface area contributed by atoms with Crippen LogP contribution in [0.4, 0.5) is 0 Å². The smallest absolute Gasteiger partial charge is 0.0252 e. The van der Waals surface area contributed by atoms with E-state index in [0.717, 1.165) is 12.0 Å².